The van der Waals surface area contributed by atoms with Crippen LogP contribution in [0.2, 0.25) is 0 Å². The van der Waals surface area contributed by atoms with Crippen molar-refractivity contribution >= 4 is 0 Å². The minimum absolute atomic E-state index is 0.439. The third-order valence-corrected chi connectivity index (χ3v) is 4.51. The molecule has 1 saturated carbocycles. The minimum Gasteiger partial charge on any atom is -0.334 e. The van der Waals surface area contributed by atoms with Crippen LogP contribution in [-0.4, -0.2) is 20.3 Å². The molecule has 3 rings (SSSR count). The van der Waals surface area contributed by atoms with Crippen molar-refractivity contribution in [1.82, 2.24) is 20.3 Å². The molecule has 2 aromatic heterocycles. The predicted molar refractivity (Wildman–Crippen MR) is 74.7 cm³/mol. The molecule has 1 aliphatic carbocycles. The first-order valence-electron chi connectivity index (χ1n) is 7.26. The quantitative estimate of drug-likeness (QED) is 0.897. The lowest BCUT2D eigenvalue weighted by molar-refractivity contribution is 0.216. The van der Waals surface area contributed by atoms with E-state index in [1.54, 1.807) is 6.20 Å². The molecule has 6 heteroatoms. The number of nitrogens with two attached hydrogens (primary N) is 1. The number of nitrogens with zero attached hydrogens (tertiary/aromatic N) is 3. The van der Waals surface area contributed by atoms with Crippen LogP contribution in [0.15, 0.2) is 10.7 Å². The monoisotopic (exact) mass is 275 g/mol. The zero-order valence-electron chi connectivity index (χ0n) is 12.0. The van der Waals surface area contributed by atoms with Gasteiger partial charge in [0.25, 0.3) is 5.89 Å². The number of H-pyrrole nitrogens is 1. The van der Waals surface area contributed by atoms with Gasteiger partial charge in [-0.1, -0.05) is 18.5 Å². The maximum Gasteiger partial charge on any atom is 0.261 e. The number of hydrogen-bond acceptors (Lipinski definition) is 5. The highest BCUT2D eigenvalue weighted by Gasteiger charge is 2.37. The van der Waals surface area contributed by atoms with Crippen molar-refractivity contribution in [1.29, 1.82) is 0 Å². The molecule has 0 saturated heterocycles. The molecule has 0 radical (unpaired) electrons. The largest absolute Gasteiger partial charge is 0.334 e. The fourth-order valence-electron chi connectivity index (χ4n) is 2.93. The Hall–Kier alpha value is -1.69. The van der Waals surface area contributed by atoms with Gasteiger partial charge in [-0.25, -0.2) is 0 Å². The second kappa shape index (κ2) is 5.01. The van der Waals surface area contributed by atoms with Crippen molar-refractivity contribution in [3.8, 4) is 11.5 Å². The average molecular weight is 275 g/mol. The van der Waals surface area contributed by atoms with E-state index in [9.17, 15) is 0 Å². The lowest BCUT2D eigenvalue weighted by Crippen LogP contribution is -2.41. The molecule has 20 heavy (non-hydrogen) atoms. The maximum absolute atomic E-state index is 6.49. The normalized spacial score (nSPS) is 26.9. The summed E-state index contributed by atoms with van der Waals surface area (Å²) in [6.07, 6.45) is 7.05. The number of rotatable bonds is 3. The van der Waals surface area contributed by atoms with E-state index in [-0.39, 0.29) is 0 Å². The third-order valence-electron chi connectivity index (χ3n) is 4.51. The lowest BCUT2D eigenvalue weighted by atomic mass is 9.76. The van der Waals surface area contributed by atoms with Gasteiger partial charge in [-0.2, -0.15) is 10.1 Å². The molecule has 0 aliphatic heterocycles. The van der Waals surface area contributed by atoms with Crippen molar-refractivity contribution in [2.24, 2.45) is 11.7 Å². The molecule has 0 amide bonds. The molecule has 108 valence electrons. The fourth-order valence-corrected chi connectivity index (χ4v) is 2.93. The molecule has 0 spiro atoms. The zero-order chi connectivity index (χ0) is 14.2. The van der Waals surface area contributed by atoms with E-state index < -0.39 is 5.54 Å². The lowest BCUT2D eigenvalue weighted by Gasteiger charge is -2.34. The Bertz CT molecular complexity index is 580. The first-order chi connectivity index (χ1) is 9.62. The summed E-state index contributed by atoms with van der Waals surface area (Å²) in [4.78, 5) is 4.50. The molecular formula is C14H21N5O. The number of aromatic nitrogens is 4. The molecule has 1 fully saturated rings. The van der Waals surface area contributed by atoms with Crippen molar-refractivity contribution in [2.75, 3.05) is 0 Å². The van der Waals surface area contributed by atoms with E-state index in [4.69, 9.17) is 10.3 Å². The van der Waals surface area contributed by atoms with Crippen LogP contribution < -0.4 is 5.73 Å². The van der Waals surface area contributed by atoms with E-state index in [0.29, 0.717) is 11.7 Å². The van der Waals surface area contributed by atoms with Crippen molar-refractivity contribution in [3.63, 3.8) is 0 Å². The standard InChI is InChI=1S/C14H21N5O/c1-3-10-4-6-14(15,7-5-10)13-17-12(20-19-13)11-8-16-18-9(11)2/h8,10H,3-7,15H2,1-2H3,(H,16,18). The Morgan fingerprint density at radius 1 is 1.45 bits per heavy atom. The van der Waals surface area contributed by atoms with Gasteiger partial charge in [0.2, 0.25) is 0 Å². The number of nitrogens with one attached hydrogen (secondary N) is 1. The zero-order valence-corrected chi connectivity index (χ0v) is 12.0. The Morgan fingerprint density at radius 2 is 2.20 bits per heavy atom. The van der Waals surface area contributed by atoms with Crippen LogP contribution in [0, 0.1) is 12.8 Å². The molecule has 3 N–H and O–H groups in total. The van der Waals surface area contributed by atoms with E-state index in [1.165, 1.54) is 6.42 Å². The Balaban J connectivity index is 1.82. The summed E-state index contributed by atoms with van der Waals surface area (Å²) in [6, 6.07) is 0. The van der Waals surface area contributed by atoms with Crippen LogP contribution in [0.3, 0.4) is 0 Å². The van der Waals surface area contributed by atoms with Gasteiger partial charge in [0.1, 0.15) is 0 Å². The van der Waals surface area contributed by atoms with Gasteiger partial charge in [-0.05, 0) is 38.5 Å². The molecule has 0 atom stereocenters. The van der Waals surface area contributed by atoms with Crippen LogP contribution >= 0.6 is 0 Å². The second-order valence-electron chi connectivity index (χ2n) is 5.84. The molecule has 2 heterocycles. The Labute approximate surface area is 118 Å². The number of aromatic amines is 1. The van der Waals surface area contributed by atoms with Crippen LogP contribution in [-0.2, 0) is 5.54 Å². The van der Waals surface area contributed by atoms with Gasteiger partial charge in [0.05, 0.1) is 17.3 Å². The van der Waals surface area contributed by atoms with Gasteiger partial charge >= 0.3 is 0 Å². The second-order valence-corrected chi connectivity index (χ2v) is 5.84. The summed E-state index contributed by atoms with van der Waals surface area (Å²) in [5.74, 6) is 1.91. The molecule has 1 aliphatic rings. The van der Waals surface area contributed by atoms with Gasteiger partial charge in [0.15, 0.2) is 5.82 Å². The minimum atomic E-state index is -0.439. The smallest absolute Gasteiger partial charge is 0.261 e. The highest BCUT2D eigenvalue weighted by molar-refractivity contribution is 5.54. The molecule has 2 aromatic rings. The molecule has 6 nitrogen and oxygen atoms in total. The van der Waals surface area contributed by atoms with E-state index in [1.807, 2.05) is 6.92 Å². The van der Waals surface area contributed by atoms with Gasteiger partial charge in [-0.3, -0.25) is 5.10 Å². The summed E-state index contributed by atoms with van der Waals surface area (Å²) in [7, 11) is 0. The van der Waals surface area contributed by atoms with Crippen molar-refractivity contribution in [3.05, 3.63) is 17.7 Å². The third kappa shape index (κ3) is 2.24. The SMILES string of the molecule is CCC1CCC(N)(c2noc(-c3cn[nH]c3C)n2)CC1. The van der Waals surface area contributed by atoms with Crippen molar-refractivity contribution < 1.29 is 4.52 Å². The number of hydrogen-bond donors (Lipinski definition) is 2. The van der Waals surface area contributed by atoms with E-state index >= 15 is 0 Å². The molecule has 0 aromatic carbocycles. The van der Waals surface area contributed by atoms with Gasteiger partial charge in [-0.15, -0.1) is 0 Å². The topological polar surface area (TPSA) is 93.6 Å². The summed E-state index contributed by atoms with van der Waals surface area (Å²) in [5, 5.41) is 11.0. The average Bonchev–Trinajstić information content (AvgIpc) is 3.08. The van der Waals surface area contributed by atoms with Crippen LogP contribution in [0.1, 0.15) is 50.5 Å². The first kappa shape index (κ1) is 13.3. The summed E-state index contributed by atoms with van der Waals surface area (Å²) >= 11 is 0. The van der Waals surface area contributed by atoms with E-state index in [0.717, 1.165) is 42.9 Å². The maximum atomic E-state index is 6.49. The Morgan fingerprint density at radius 3 is 2.80 bits per heavy atom. The van der Waals surface area contributed by atoms with Crippen LogP contribution in [0.25, 0.3) is 11.5 Å². The van der Waals surface area contributed by atoms with Crippen LogP contribution in [0.5, 0.6) is 0 Å². The van der Waals surface area contributed by atoms with E-state index in [2.05, 4.69) is 27.3 Å². The summed E-state index contributed by atoms with van der Waals surface area (Å²) in [5.41, 5.74) is 7.81. The Kier molecular flexibility index (Phi) is 3.33. The molecule has 0 bridgehead atoms. The molecule has 0 unspecified atom stereocenters. The van der Waals surface area contributed by atoms with Gasteiger partial charge < -0.3 is 10.3 Å². The molecular weight excluding hydrogens is 254 g/mol. The fraction of sp³-hybridized carbons (Fsp3) is 0.643. The predicted octanol–water partition coefficient (Wildman–Crippen LogP) is 2.52. The van der Waals surface area contributed by atoms with Gasteiger partial charge in [0, 0.05) is 5.69 Å². The van der Waals surface area contributed by atoms with Crippen LogP contribution in [0.4, 0.5) is 0 Å². The highest BCUT2D eigenvalue weighted by Crippen LogP contribution is 2.38. The van der Waals surface area contributed by atoms with Crippen molar-refractivity contribution in [2.45, 2.75) is 51.5 Å². The number of aryl methyl sites for hydroxylation is 1. The highest BCUT2D eigenvalue weighted by atomic mass is 16.5. The summed E-state index contributed by atoms with van der Waals surface area (Å²) in [6.45, 7) is 4.17. The first-order valence-corrected chi connectivity index (χ1v) is 7.26. The summed E-state index contributed by atoms with van der Waals surface area (Å²) < 4.78 is 5.36.